The molecule has 1 N–H and O–H groups in total. The zero-order chi connectivity index (χ0) is 21.6. The van der Waals surface area contributed by atoms with Crippen LogP contribution in [0, 0.1) is 0 Å². The zero-order valence-corrected chi connectivity index (χ0v) is 18.0. The molecule has 1 aromatic heterocycles. The first-order chi connectivity index (χ1) is 15.1. The monoisotopic (exact) mass is 416 g/mol. The highest BCUT2D eigenvalue weighted by molar-refractivity contribution is 5.92. The molecule has 6 nitrogen and oxygen atoms in total. The summed E-state index contributed by atoms with van der Waals surface area (Å²) in [6, 6.07) is 19.4. The van der Waals surface area contributed by atoms with Gasteiger partial charge in [0.25, 0.3) is 5.91 Å². The molecule has 31 heavy (non-hydrogen) atoms. The normalized spacial score (nSPS) is 13.5. The highest BCUT2D eigenvalue weighted by atomic mass is 16.5. The number of hydrogen-bond acceptors (Lipinski definition) is 5. The van der Waals surface area contributed by atoms with E-state index in [2.05, 4.69) is 34.3 Å². The van der Waals surface area contributed by atoms with Gasteiger partial charge in [0.2, 0.25) is 0 Å². The maximum Gasteiger partial charge on any atom is 0.262 e. The van der Waals surface area contributed by atoms with Crippen molar-refractivity contribution in [3.8, 4) is 17.0 Å². The Morgan fingerprint density at radius 2 is 1.84 bits per heavy atom. The molecule has 0 radical (unpaired) electrons. The van der Waals surface area contributed by atoms with E-state index in [-0.39, 0.29) is 12.5 Å². The number of aromatic nitrogens is 2. The number of carbonyl (C=O) groups is 1. The summed E-state index contributed by atoms with van der Waals surface area (Å²) in [5, 5.41) is 11.7. The largest absolute Gasteiger partial charge is 0.483 e. The Hall–Kier alpha value is -3.41. The standard InChI is InChI=1S/C25H28N4O2/c1-18(2)21-10-3-4-11-23(21)31-17-25(30)26-20-9-7-8-19(16-20)22-12-13-24(28-27-22)29-14-5-6-15-29/h3-4,7-13,16,18H,5-6,14-15,17H2,1-2H3,(H,26,30). The Morgan fingerprint density at radius 1 is 1.03 bits per heavy atom. The topological polar surface area (TPSA) is 67.3 Å². The van der Waals surface area contributed by atoms with Crippen LogP contribution >= 0.6 is 0 Å². The van der Waals surface area contributed by atoms with Crippen LogP contribution in [0.1, 0.15) is 38.2 Å². The lowest BCUT2D eigenvalue weighted by Crippen LogP contribution is -2.20. The fraction of sp³-hybridized carbons (Fsp3) is 0.320. The molecule has 0 spiro atoms. The molecule has 160 valence electrons. The van der Waals surface area contributed by atoms with Gasteiger partial charge in [-0.05, 0) is 54.7 Å². The molecule has 0 unspecified atom stereocenters. The van der Waals surface area contributed by atoms with Gasteiger partial charge in [0.1, 0.15) is 5.75 Å². The molecule has 1 aliphatic heterocycles. The Morgan fingerprint density at radius 3 is 2.58 bits per heavy atom. The molecule has 0 saturated carbocycles. The fourth-order valence-corrected chi connectivity index (χ4v) is 3.78. The summed E-state index contributed by atoms with van der Waals surface area (Å²) in [6.45, 7) is 6.25. The number of ether oxygens (including phenoxy) is 1. The minimum atomic E-state index is -0.203. The highest BCUT2D eigenvalue weighted by Crippen LogP contribution is 2.26. The van der Waals surface area contributed by atoms with E-state index in [9.17, 15) is 4.79 Å². The smallest absolute Gasteiger partial charge is 0.262 e. The number of para-hydroxylation sites is 1. The van der Waals surface area contributed by atoms with Gasteiger partial charge in [0, 0.05) is 24.3 Å². The molecule has 3 aromatic rings. The Bertz CT molecular complexity index is 1030. The summed E-state index contributed by atoms with van der Waals surface area (Å²) in [6.07, 6.45) is 2.41. The number of nitrogens with zero attached hydrogens (tertiary/aromatic N) is 3. The number of rotatable bonds is 7. The number of amides is 1. The van der Waals surface area contributed by atoms with Crippen LogP contribution in [0.5, 0.6) is 5.75 Å². The zero-order valence-electron chi connectivity index (χ0n) is 18.0. The van der Waals surface area contributed by atoms with Crippen molar-refractivity contribution >= 4 is 17.4 Å². The summed E-state index contributed by atoms with van der Waals surface area (Å²) < 4.78 is 5.77. The minimum absolute atomic E-state index is 0.0434. The third-order valence-electron chi connectivity index (χ3n) is 5.42. The van der Waals surface area contributed by atoms with Crippen LogP contribution in [0.25, 0.3) is 11.3 Å². The first-order valence-electron chi connectivity index (χ1n) is 10.8. The van der Waals surface area contributed by atoms with Crippen LogP contribution in [0.4, 0.5) is 11.5 Å². The molecule has 1 aliphatic rings. The third-order valence-corrected chi connectivity index (χ3v) is 5.42. The van der Waals surface area contributed by atoms with Crippen LogP contribution in [0.2, 0.25) is 0 Å². The molecule has 2 aromatic carbocycles. The van der Waals surface area contributed by atoms with Crippen molar-refractivity contribution in [2.45, 2.75) is 32.6 Å². The van der Waals surface area contributed by atoms with Crippen molar-refractivity contribution in [2.24, 2.45) is 0 Å². The van der Waals surface area contributed by atoms with Gasteiger partial charge in [0.15, 0.2) is 12.4 Å². The van der Waals surface area contributed by atoms with Crippen molar-refractivity contribution in [3.63, 3.8) is 0 Å². The Labute approximate surface area is 183 Å². The van der Waals surface area contributed by atoms with Crippen molar-refractivity contribution in [1.29, 1.82) is 0 Å². The van der Waals surface area contributed by atoms with Crippen LogP contribution in [-0.4, -0.2) is 35.8 Å². The van der Waals surface area contributed by atoms with Crippen LogP contribution in [0.15, 0.2) is 60.7 Å². The maximum absolute atomic E-state index is 12.4. The first kappa shape index (κ1) is 20.8. The van der Waals surface area contributed by atoms with Gasteiger partial charge >= 0.3 is 0 Å². The number of anilines is 2. The summed E-state index contributed by atoms with van der Waals surface area (Å²) in [5.41, 5.74) is 3.48. The molecular weight excluding hydrogens is 388 g/mol. The van der Waals surface area contributed by atoms with Crippen LogP contribution in [-0.2, 0) is 4.79 Å². The molecule has 0 bridgehead atoms. The second-order valence-electron chi connectivity index (χ2n) is 8.08. The van der Waals surface area contributed by atoms with Gasteiger partial charge in [-0.15, -0.1) is 10.2 Å². The van der Waals surface area contributed by atoms with Gasteiger partial charge in [-0.1, -0.05) is 44.2 Å². The second-order valence-corrected chi connectivity index (χ2v) is 8.08. The maximum atomic E-state index is 12.4. The molecule has 1 saturated heterocycles. The number of benzene rings is 2. The van der Waals surface area contributed by atoms with Gasteiger partial charge in [-0.2, -0.15) is 0 Å². The van der Waals surface area contributed by atoms with E-state index in [1.807, 2.05) is 60.7 Å². The van der Waals surface area contributed by atoms with Crippen molar-refractivity contribution < 1.29 is 9.53 Å². The number of hydrogen-bond donors (Lipinski definition) is 1. The van der Waals surface area contributed by atoms with Crippen molar-refractivity contribution in [2.75, 3.05) is 29.9 Å². The van der Waals surface area contributed by atoms with E-state index in [4.69, 9.17) is 4.74 Å². The molecular formula is C25H28N4O2. The SMILES string of the molecule is CC(C)c1ccccc1OCC(=O)Nc1cccc(-c2ccc(N3CCCC3)nn2)c1. The van der Waals surface area contributed by atoms with E-state index in [1.54, 1.807) is 0 Å². The van der Waals surface area contributed by atoms with Crippen molar-refractivity contribution in [1.82, 2.24) is 10.2 Å². The summed E-state index contributed by atoms with van der Waals surface area (Å²) in [5.74, 6) is 1.79. The molecule has 1 fully saturated rings. The fourth-order valence-electron chi connectivity index (χ4n) is 3.78. The molecule has 2 heterocycles. The van der Waals surface area contributed by atoms with E-state index >= 15 is 0 Å². The molecule has 1 amide bonds. The van der Waals surface area contributed by atoms with Gasteiger partial charge in [0.05, 0.1) is 5.69 Å². The van der Waals surface area contributed by atoms with Gasteiger partial charge < -0.3 is 15.0 Å². The summed E-state index contributed by atoms with van der Waals surface area (Å²) >= 11 is 0. The predicted octanol–water partition coefficient (Wildman–Crippen LogP) is 4.88. The molecule has 0 aliphatic carbocycles. The van der Waals surface area contributed by atoms with Gasteiger partial charge in [-0.3, -0.25) is 4.79 Å². The molecule has 6 heteroatoms. The van der Waals surface area contributed by atoms with Crippen LogP contribution < -0.4 is 15.0 Å². The number of nitrogens with one attached hydrogen (secondary N) is 1. The Kier molecular flexibility index (Phi) is 6.46. The van der Waals surface area contributed by atoms with E-state index in [1.165, 1.54) is 12.8 Å². The van der Waals surface area contributed by atoms with E-state index < -0.39 is 0 Å². The second kappa shape index (κ2) is 9.60. The number of carbonyl (C=O) groups excluding carboxylic acids is 1. The summed E-state index contributed by atoms with van der Waals surface area (Å²) in [4.78, 5) is 14.7. The van der Waals surface area contributed by atoms with Gasteiger partial charge in [-0.25, -0.2) is 0 Å². The van der Waals surface area contributed by atoms with Crippen LogP contribution in [0.3, 0.4) is 0 Å². The average Bonchev–Trinajstić information content (AvgIpc) is 3.33. The van der Waals surface area contributed by atoms with E-state index in [0.717, 1.165) is 41.5 Å². The highest BCUT2D eigenvalue weighted by Gasteiger charge is 2.14. The van der Waals surface area contributed by atoms with Crippen molar-refractivity contribution in [3.05, 3.63) is 66.2 Å². The molecule has 0 atom stereocenters. The predicted molar refractivity (Wildman–Crippen MR) is 124 cm³/mol. The van der Waals surface area contributed by atoms with E-state index in [0.29, 0.717) is 11.6 Å². The Balaban J connectivity index is 1.39. The summed E-state index contributed by atoms with van der Waals surface area (Å²) in [7, 11) is 0. The lowest BCUT2D eigenvalue weighted by molar-refractivity contribution is -0.118. The minimum Gasteiger partial charge on any atom is -0.483 e. The molecule has 4 rings (SSSR count). The third kappa shape index (κ3) is 5.20. The average molecular weight is 417 g/mol. The lowest BCUT2D eigenvalue weighted by atomic mass is 10.0. The lowest BCUT2D eigenvalue weighted by Gasteiger charge is -2.15. The first-order valence-corrected chi connectivity index (χ1v) is 10.8. The quantitative estimate of drug-likeness (QED) is 0.594.